The van der Waals surface area contributed by atoms with E-state index in [1.165, 1.54) is 18.4 Å². The average molecular weight is 320 g/mol. The zero-order chi connectivity index (χ0) is 15.4. The summed E-state index contributed by atoms with van der Waals surface area (Å²) in [7, 11) is 0. The molecule has 1 saturated carbocycles. The number of nitrogens with zero attached hydrogens (tertiary/aromatic N) is 3. The maximum absolute atomic E-state index is 12.6. The molecule has 118 valence electrons. The quantitative estimate of drug-likeness (QED) is 0.919. The fraction of sp³-hybridized carbons (Fsp3) is 0.533. The highest BCUT2D eigenvalue weighted by molar-refractivity contribution is 7.07. The molecule has 0 spiro atoms. The summed E-state index contributed by atoms with van der Waals surface area (Å²) in [5, 5.41) is 14.7. The fourth-order valence-corrected chi connectivity index (χ4v) is 3.48. The van der Waals surface area contributed by atoms with Gasteiger partial charge in [-0.3, -0.25) is 0 Å². The first kappa shape index (κ1) is 15.0. The van der Waals surface area contributed by atoms with Crippen molar-refractivity contribution in [3.8, 4) is 0 Å². The third-order valence-corrected chi connectivity index (χ3v) is 4.65. The van der Waals surface area contributed by atoms with Gasteiger partial charge < -0.3 is 14.6 Å². The van der Waals surface area contributed by atoms with Crippen LogP contribution < -0.4 is 5.32 Å². The molecule has 2 aromatic heterocycles. The van der Waals surface area contributed by atoms with E-state index in [0.717, 1.165) is 12.8 Å². The zero-order valence-corrected chi connectivity index (χ0v) is 13.4. The van der Waals surface area contributed by atoms with Gasteiger partial charge in [0.05, 0.1) is 6.54 Å². The van der Waals surface area contributed by atoms with Crippen LogP contribution in [0.15, 0.2) is 21.2 Å². The van der Waals surface area contributed by atoms with Crippen molar-refractivity contribution in [1.29, 1.82) is 0 Å². The van der Waals surface area contributed by atoms with E-state index < -0.39 is 0 Å². The molecule has 2 aromatic rings. The van der Waals surface area contributed by atoms with Gasteiger partial charge in [-0.15, -0.1) is 10.2 Å². The van der Waals surface area contributed by atoms with Crippen LogP contribution in [0.1, 0.15) is 43.0 Å². The number of aryl methyl sites for hydroxylation is 1. The minimum Gasteiger partial charge on any atom is -0.424 e. The van der Waals surface area contributed by atoms with Gasteiger partial charge in [0.15, 0.2) is 0 Å². The first-order valence-corrected chi connectivity index (χ1v) is 8.51. The van der Waals surface area contributed by atoms with Gasteiger partial charge in [-0.1, -0.05) is 12.8 Å². The normalized spacial score (nSPS) is 15.1. The Morgan fingerprint density at radius 3 is 2.91 bits per heavy atom. The lowest BCUT2D eigenvalue weighted by Gasteiger charge is -2.28. The van der Waals surface area contributed by atoms with Crippen molar-refractivity contribution in [2.45, 2.75) is 51.7 Å². The van der Waals surface area contributed by atoms with Crippen molar-refractivity contribution in [1.82, 2.24) is 20.4 Å². The Kier molecular flexibility index (Phi) is 4.72. The number of rotatable bonds is 5. The smallest absolute Gasteiger partial charge is 0.318 e. The molecule has 1 N–H and O–H groups in total. The highest BCUT2D eigenvalue weighted by Crippen LogP contribution is 2.25. The molecule has 1 aliphatic carbocycles. The van der Waals surface area contributed by atoms with Crippen LogP contribution >= 0.6 is 11.3 Å². The average Bonchev–Trinajstić information content (AvgIpc) is 3.24. The van der Waals surface area contributed by atoms with Crippen molar-refractivity contribution >= 4 is 17.4 Å². The Morgan fingerprint density at radius 1 is 1.45 bits per heavy atom. The number of carbonyl (C=O) groups excluding carboxylic acids is 1. The van der Waals surface area contributed by atoms with Crippen LogP contribution in [0.2, 0.25) is 0 Å². The van der Waals surface area contributed by atoms with E-state index in [9.17, 15) is 4.79 Å². The SMILES string of the molecule is Cc1nnc(CNC(=O)N(Cc2ccsc2)C2CCCC2)o1. The molecule has 0 unspecified atom stereocenters. The lowest BCUT2D eigenvalue weighted by molar-refractivity contribution is 0.169. The molecule has 0 aliphatic heterocycles. The number of nitrogens with one attached hydrogen (secondary N) is 1. The Morgan fingerprint density at radius 2 is 2.27 bits per heavy atom. The van der Waals surface area contributed by atoms with Crippen LogP contribution in [0, 0.1) is 6.92 Å². The predicted octanol–water partition coefficient (Wildman–Crippen LogP) is 3.09. The second-order valence-electron chi connectivity index (χ2n) is 5.57. The van der Waals surface area contributed by atoms with Gasteiger partial charge in [0.25, 0.3) is 0 Å². The number of urea groups is 1. The van der Waals surface area contributed by atoms with Crippen molar-refractivity contribution in [2.75, 3.05) is 0 Å². The van der Waals surface area contributed by atoms with Crippen molar-refractivity contribution in [3.05, 3.63) is 34.2 Å². The van der Waals surface area contributed by atoms with E-state index in [1.54, 1.807) is 18.3 Å². The van der Waals surface area contributed by atoms with Gasteiger partial charge in [-0.05, 0) is 35.2 Å². The largest absolute Gasteiger partial charge is 0.424 e. The second kappa shape index (κ2) is 6.91. The highest BCUT2D eigenvalue weighted by atomic mass is 32.1. The molecule has 6 nitrogen and oxygen atoms in total. The van der Waals surface area contributed by atoms with Crippen LogP contribution in [0.4, 0.5) is 4.79 Å². The summed E-state index contributed by atoms with van der Waals surface area (Å²) in [6, 6.07) is 2.33. The third kappa shape index (κ3) is 3.65. The van der Waals surface area contributed by atoms with Crippen molar-refractivity contribution in [2.24, 2.45) is 0 Å². The molecule has 0 aromatic carbocycles. The summed E-state index contributed by atoms with van der Waals surface area (Å²) in [5.41, 5.74) is 1.18. The zero-order valence-electron chi connectivity index (χ0n) is 12.6. The second-order valence-corrected chi connectivity index (χ2v) is 6.35. The summed E-state index contributed by atoms with van der Waals surface area (Å²) >= 11 is 1.66. The van der Waals surface area contributed by atoms with E-state index >= 15 is 0 Å². The van der Waals surface area contributed by atoms with Crippen LogP contribution in [0.25, 0.3) is 0 Å². The van der Waals surface area contributed by atoms with E-state index in [2.05, 4.69) is 27.0 Å². The van der Waals surface area contributed by atoms with Crippen LogP contribution in [0.3, 0.4) is 0 Å². The first-order valence-electron chi connectivity index (χ1n) is 7.57. The molecular formula is C15H20N4O2S. The molecule has 0 atom stereocenters. The fourth-order valence-electron chi connectivity index (χ4n) is 2.82. The number of aromatic nitrogens is 2. The summed E-state index contributed by atoms with van der Waals surface area (Å²) in [5.74, 6) is 0.947. The molecular weight excluding hydrogens is 300 g/mol. The van der Waals surface area contributed by atoms with Gasteiger partial charge >= 0.3 is 6.03 Å². The molecule has 3 rings (SSSR count). The Bertz CT molecular complexity index is 605. The van der Waals surface area contributed by atoms with E-state index in [4.69, 9.17) is 4.42 Å². The maximum Gasteiger partial charge on any atom is 0.318 e. The summed E-state index contributed by atoms with van der Waals surface area (Å²) in [4.78, 5) is 14.5. The van der Waals surface area contributed by atoms with Crippen molar-refractivity contribution in [3.63, 3.8) is 0 Å². The lowest BCUT2D eigenvalue weighted by Crippen LogP contribution is -2.44. The molecule has 0 radical (unpaired) electrons. The molecule has 2 heterocycles. The summed E-state index contributed by atoms with van der Waals surface area (Å²) in [6.45, 7) is 2.66. The predicted molar refractivity (Wildman–Crippen MR) is 83.4 cm³/mol. The number of carbonyl (C=O) groups is 1. The van der Waals surface area contributed by atoms with E-state index in [1.807, 2.05) is 10.3 Å². The van der Waals surface area contributed by atoms with Gasteiger partial charge in [-0.25, -0.2) is 4.79 Å². The Hall–Kier alpha value is -1.89. The van der Waals surface area contributed by atoms with Gasteiger partial charge in [0.2, 0.25) is 11.8 Å². The van der Waals surface area contributed by atoms with Gasteiger partial charge in [0.1, 0.15) is 0 Å². The number of amides is 2. The summed E-state index contributed by atoms with van der Waals surface area (Å²) < 4.78 is 5.29. The van der Waals surface area contributed by atoms with Gasteiger partial charge in [-0.2, -0.15) is 11.3 Å². The highest BCUT2D eigenvalue weighted by Gasteiger charge is 2.27. The lowest BCUT2D eigenvalue weighted by atomic mass is 10.2. The molecule has 1 fully saturated rings. The van der Waals surface area contributed by atoms with Crippen LogP contribution in [0.5, 0.6) is 0 Å². The van der Waals surface area contributed by atoms with Gasteiger partial charge in [0, 0.05) is 19.5 Å². The molecule has 7 heteroatoms. The Labute approximate surface area is 133 Å². The minimum atomic E-state index is -0.0612. The topological polar surface area (TPSA) is 71.3 Å². The molecule has 2 amide bonds. The van der Waals surface area contributed by atoms with Crippen LogP contribution in [-0.4, -0.2) is 27.2 Å². The number of hydrogen-bond donors (Lipinski definition) is 1. The minimum absolute atomic E-state index is 0.0612. The van der Waals surface area contributed by atoms with E-state index in [-0.39, 0.29) is 12.6 Å². The third-order valence-electron chi connectivity index (χ3n) is 3.92. The number of thiophene rings is 1. The molecule has 22 heavy (non-hydrogen) atoms. The molecule has 0 saturated heterocycles. The molecule has 1 aliphatic rings. The Balaban J connectivity index is 1.63. The van der Waals surface area contributed by atoms with Crippen LogP contribution in [-0.2, 0) is 13.1 Å². The maximum atomic E-state index is 12.6. The summed E-state index contributed by atoms with van der Waals surface area (Å²) in [6.07, 6.45) is 4.55. The monoisotopic (exact) mass is 320 g/mol. The standard InChI is InChI=1S/C15H20N4O2S/c1-11-17-18-14(21-11)8-16-15(20)19(13-4-2-3-5-13)9-12-6-7-22-10-12/h6-7,10,13H,2-5,8-9H2,1H3,(H,16,20). The molecule has 0 bridgehead atoms. The first-order chi connectivity index (χ1) is 10.7. The number of hydrogen-bond acceptors (Lipinski definition) is 5. The van der Waals surface area contributed by atoms with E-state index in [0.29, 0.717) is 24.4 Å². The van der Waals surface area contributed by atoms with Crippen molar-refractivity contribution < 1.29 is 9.21 Å².